The fourth-order valence-corrected chi connectivity index (χ4v) is 3.88. The van der Waals surface area contributed by atoms with Crippen molar-refractivity contribution in [3.05, 3.63) is 45.2 Å². The number of hydrogen-bond donors (Lipinski definition) is 1. The molecule has 3 aromatic heterocycles. The first-order valence-electron chi connectivity index (χ1n) is 5.13. The molecule has 1 amide bonds. The maximum atomic E-state index is 12.1. The number of anilines is 1. The van der Waals surface area contributed by atoms with Crippen LogP contribution in [-0.4, -0.2) is 10.9 Å². The van der Waals surface area contributed by atoms with Crippen molar-refractivity contribution in [2.75, 3.05) is 5.32 Å². The number of nitrogens with zero attached hydrogens (tertiary/aromatic N) is 1. The lowest BCUT2D eigenvalue weighted by molar-refractivity contribution is 0.103. The second-order valence-electron chi connectivity index (χ2n) is 3.55. The summed E-state index contributed by atoms with van der Waals surface area (Å²) in [6.07, 6.45) is 1.65. The standard InChI is InChI=1S/C12H7BrN2OS2/c13-7-2-1-4-14-11(7)15-12(16)10-6-9-8(18-10)3-5-17-9/h1-6H,(H,14,15,16). The van der Waals surface area contributed by atoms with E-state index in [-0.39, 0.29) is 5.91 Å². The van der Waals surface area contributed by atoms with Crippen molar-refractivity contribution in [3.8, 4) is 0 Å². The summed E-state index contributed by atoms with van der Waals surface area (Å²) in [4.78, 5) is 16.9. The molecule has 90 valence electrons. The smallest absolute Gasteiger partial charge is 0.266 e. The molecule has 0 aromatic carbocycles. The highest BCUT2D eigenvalue weighted by Gasteiger charge is 2.12. The summed E-state index contributed by atoms with van der Waals surface area (Å²) >= 11 is 6.49. The fraction of sp³-hybridized carbons (Fsp3) is 0. The molecule has 1 N–H and O–H groups in total. The van der Waals surface area contributed by atoms with Crippen LogP contribution in [0.25, 0.3) is 9.40 Å². The Kier molecular flexibility index (Phi) is 3.15. The van der Waals surface area contributed by atoms with Crippen molar-refractivity contribution < 1.29 is 4.79 Å². The molecule has 0 unspecified atom stereocenters. The molecule has 0 saturated heterocycles. The van der Waals surface area contributed by atoms with Crippen LogP contribution in [0.2, 0.25) is 0 Å². The first-order valence-corrected chi connectivity index (χ1v) is 7.62. The fourth-order valence-electron chi connectivity index (χ4n) is 1.52. The van der Waals surface area contributed by atoms with E-state index in [0.717, 1.165) is 13.9 Å². The normalized spacial score (nSPS) is 10.7. The van der Waals surface area contributed by atoms with Crippen molar-refractivity contribution in [2.24, 2.45) is 0 Å². The topological polar surface area (TPSA) is 42.0 Å². The predicted molar refractivity (Wildman–Crippen MR) is 79.6 cm³/mol. The summed E-state index contributed by atoms with van der Waals surface area (Å²) < 4.78 is 3.06. The quantitative estimate of drug-likeness (QED) is 0.753. The molecule has 18 heavy (non-hydrogen) atoms. The van der Waals surface area contributed by atoms with Crippen molar-refractivity contribution in [1.82, 2.24) is 4.98 Å². The summed E-state index contributed by atoms with van der Waals surface area (Å²) in [6.45, 7) is 0. The Balaban J connectivity index is 1.87. The molecule has 0 saturated carbocycles. The molecule has 0 spiro atoms. The van der Waals surface area contributed by atoms with E-state index in [2.05, 4.69) is 26.2 Å². The molecule has 0 aliphatic carbocycles. The van der Waals surface area contributed by atoms with E-state index in [4.69, 9.17) is 0 Å². The molecule has 6 heteroatoms. The van der Waals surface area contributed by atoms with E-state index >= 15 is 0 Å². The number of hydrogen-bond acceptors (Lipinski definition) is 4. The van der Waals surface area contributed by atoms with E-state index in [1.807, 2.05) is 23.6 Å². The molecule has 3 aromatic rings. The maximum absolute atomic E-state index is 12.1. The number of amides is 1. The Morgan fingerprint density at radius 2 is 2.22 bits per heavy atom. The van der Waals surface area contributed by atoms with Crippen LogP contribution in [0.5, 0.6) is 0 Å². The second-order valence-corrected chi connectivity index (χ2v) is 6.43. The van der Waals surface area contributed by atoms with Gasteiger partial charge < -0.3 is 5.32 Å². The van der Waals surface area contributed by atoms with Gasteiger partial charge in [0.25, 0.3) is 5.91 Å². The van der Waals surface area contributed by atoms with Crippen LogP contribution in [0.4, 0.5) is 5.82 Å². The van der Waals surface area contributed by atoms with Gasteiger partial charge in [0.2, 0.25) is 0 Å². The molecule has 3 rings (SSSR count). The van der Waals surface area contributed by atoms with Gasteiger partial charge in [-0.15, -0.1) is 22.7 Å². The third-order valence-electron chi connectivity index (χ3n) is 2.35. The SMILES string of the molecule is O=C(Nc1ncccc1Br)c1cc2sccc2s1. The van der Waals surface area contributed by atoms with Gasteiger partial charge >= 0.3 is 0 Å². The molecule has 0 aliphatic rings. The van der Waals surface area contributed by atoms with Crippen LogP contribution >= 0.6 is 38.6 Å². The summed E-state index contributed by atoms with van der Waals surface area (Å²) in [5, 5.41) is 4.82. The average Bonchev–Trinajstić information content (AvgIpc) is 2.92. The molecule has 0 aliphatic heterocycles. The van der Waals surface area contributed by atoms with Crippen molar-refractivity contribution in [2.45, 2.75) is 0 Å². The van der Waals surface area contributed by atoms with Gasteiger partial charge in [0.1, 0.15) is 5.82 Å². The Bertz CT molecular complexity index is 691. The maximum Gasteiger partial charge on any atom is 0.266 e. The average molecular weight is 339 g/mol. The summed E-state index contributed by atoms with van der Waals surface area (Å²) in [5.41, 5.74) is 0. The van der Waals surface area contributed by atoms with Gasteiger partial charge in [-0.25, -0.2) is 4.98 Å². The Morgan fingerprint density at radius 3 is 3.00 bits per heavy atom. The van der Waals surface area contributed by atoms with Gasteiger partial charge in [-0.3, -0.25) is 4.79 Å². The Morgan fingerprint density at radius 1 is 1.33 bits per heavy atom. The molecule has 0 bridgehead atoms. The third kappa shape index (κ3) is 2.19. The zero-order valence-corrected chi connectivity index (χ0v) is 12.2. The molecule has 3 heterocycles. The van der Waals surface area contributed by atoms with Gasteiger partial charge in [-0.05, 0) is 45.6 Å². The van der Waals surface area contributed by atoms with E-state index in [9.17, 15) is 4.79 Å². The van der Waals surface area contributed by atoms with Crippen LogP contribution in [0, 0.1) is 0 Å². The predicted octanol–water partition coefficient (Wildman–Crippen LogP) is 4.37. The number of carbonyl (C=O) groups is 1. The molecule has 0 atom stereocenters. The van der Waals surface area contributed by atoms with Crippen LogP contribution in [0.15, 0.2) is 40.3 Å². The van der Waals surface area contributed by atoms with Crippen molar-refractivity contribution in [3.63, 3.8) is 0 Å². The summed E-state index contributed by atoms with van der Waals surface area (Å²) in [5.74, 6) is 0.419. The Labute approximate surface area is 120 Å². The van der Waals surface area contributed by atoms with Gasteiger partial charge in [-0.1, -0.05) is 0 Å². The number of halogens is 1. The molecule has 3 nitrogen and oxygen atoms in total. The number of nitrogens with one attached hydrogen (secondary N) is 1. The van der Waals surface area contributed by atoms with Gasteiger partial charge in [0.05, 0.1) is 9.35 Å². The highest BCUT2D eigenvalue weighted by Crippen LogP contribution is 2.30. The van der Waals surface area contributed by atoms with Crippen molar-refractivity contribution >= 4 is 59.7 Å². The highest BCUT2D eigenvalue weighted by atomic mass is 79.9. The highest BCUT2D eigenvalue weighted by molar-refractivity contribution is 9.10. The summed E-state index contributed by atoms with van der Waals surface area (Å²) in [7, 11) is 0. The first kappa shape index (κ1) is 11.8. The van der Waals surface area contributed by atoms with Crippen LogP contribution in [0.3, 0.4) is 0 Å². The minimum atomic E-state index is -0.122. The Hall–Kier alpha value is -1.24. The van der Waals surface area contributed by atoms with E-state index in [0.29, 0.717) is 10.7 Å². The minimum Gasteiger partial charge on any atom is -0.305 e. The van der Waals surface area contributed by atoms with E-state index < -0.39 is 0 Å². The first-order chi connectivity index (χ1) is 8.74. The van der Waals surface area contributed by atoms with Gasteiger partial charge in [0.15, 0.2) is 0 Å². The molecule has 0 fully saturated rings. The number of thiophene rings is 2. The number of aromatic nitrogens is 1. The van der Waals surface area contributed by atoms with Crippen LogP contribution < -0.4 is 5.32 Å². The molecular formula is C12H7BrN2OS2. The molecule has 0 radical (unpaired) electrons. The van der Waals surface area contributed by atoms with E-state index in [1.165, 1.54) is 11.3 Å². The largest absolute Gasteiger partial charge is 0.305 e. The van der Waals surface area contributed by atoms with Gasteiger partial charge in [-0.2, -0.15) is 0 Å². The number of rotatable bonds is 2. The lowest BCUT2D eigenvalue weighted by Crippen LogP contribution is -2.11. The van der Waals surface area contributed by atoms with Crippen molar-refractivity contribution in [1.29, 1.82) is 0 Å². The van der Waals surface area contributed by atoms with Gasteiger partial charge in [0, 0.05) is 15.6 Å². The zero-order valence-electron chi connectivity index (χ0n) is 9.01. The molecular weight excluding hydrogens is 332 g/mol. The second kappa shape index (κ2) is 4.79. The van der Waals surface area contributed by atoms with Crippen LogP contribution in [-0.2, 0) is 0 Å². The summed E-state index contributed by atoms with van der Waals surface area (Å²) in [6, 6.07) is 7.59. The number of fused-ring (bicyclic) bond motifs is 1. The number of carbonyl (C=O) groups excluding carboxylic acids is 1. The monoisotopic (exact) mass is 338 g/mol. The zero-order chi connectivity index (χ0) is 12.5. The minimum absolute atomic E-state index is 0.122. The third-order valence-corrected chi connectivity index (χ3v) is 5.09. The van der Waals surface area contributed by atoms with Crippen LogP contribution in [0.1, 0.15) is 9.67 Å². The number of pyridine rings is 1. The van der Waals surface area contributed by atoms with E-state index in [1.54, 1.807) is 23.6 Å². The lowest BCUT2D eigenvalue weighted by atomic mass is 10.4. The lowest BCUT2D eigenvalue weighted by Gasteiger charge is -2.03.